The number of aromatic nitrogens is 1. The molecular formula is C12H13ClN2O4. The highest BCUT2D eigenvalue weighted by Gasteiger charge is 2.19. The van der Waals surface area contributed by atoms with Crippen LogP contribution in [0.3, 0.4) is 0 Å². The highest BCUT2D eigenvalue weighted by Crippen LogP contribution is 2.16. The van der Waals surface area contributed by atoms with E-state index in [2.05, 4.69) is 10.3 Å². The van der Waals surface area contributed by atoms with Crippen LogP contribution in [0.15, 0.2) is 12.3 Å². The molecule has 2 rings (SSSR count). The molecule has 6 nitrogen and oxygen atoms in total. The number of halogens is 1. The van der Waals surface area contributed by atoms with Gasteiger partial charge in [-0.1, -0.05) is 11.6 Å². The van der Waals surface area contributed by atoms with E-state index in [1.54, 1.807) is 0 Å². The van der Waals surface area contributed by atoms with Crippen molar-refractivity contribution in [2.24, 2.45) is 0 Å². The van der Waals surface area contributed by atoms with Crippen molar-refractivity contribution >= 4 is 23.5 Å². The van der Waals surface area contributed by atoms with Crippen LogP contribution in [0.1, 0.15) is 33.7 Å². The smallest absolute Gasteiger partial charge is 0.337 e. The van der Waals surface area contributed by atoms with Gasteiger partial charge in [0.2, 0.25) is 0 Å². The molecule has 1 aliphatic rings. The molecule has 1 aliphatic heterocycles. The molecule has 1 fully saturated rings. The number of nitrogens with one attached hydrogen (secondary N) is 1. The predicted octanol–water partition coefficient (Wildman–Crippen LogP) is 1.34. The van der Waals surface area contributed by atoms with Crippen LogP contribution in [0.25, 0.3) is 0 Å². The summed E-state index contributed by atoms with van der Waals surface area (Å²) in [5.74, 6) is -1.57. The number of amides is 1. The molecule has 7 heteroatoms. The van der Waals surface area contributed by atoms with Gasteiger partial charge in [-0.15, -0.1) is 0 Å². The normalized spacial score (nSPS) is 18.3. The van der Waals surface area contributed by atoms with Crippen LogP contribution in [0.4, 0.5) is 0 Å². The molecule has 1 saturated heterocycles. The minimum atomic E-state index is -1.14. The van der Waals surface area contributed by atoms with Gasteiger partial charge in [0.15, 0.2) is 0 Å². The Labute approximate surface area is 114 Å². The third-order valence-corrected chi connectivity index (χ3v) is 3.11. The lowest BCUT2D eigenvalue weighted by Crippen LogP contribution is -2.32. The number of rotatable bonds is 4. The maximum absolute atomic E-state index is 11.8. The van der Waals surface area contributed by atoms with Gasteiger partial charge in [-0.05, 0) is 18.9 Å². The summed E-state index contributed by atoms with van der Waals surface area (Å²) in [5, 5.41) is 11.5. The molecule has 1 atom stereocenters. The molecule has 102 valence electrons. The second-order valence-electron chi connectivity index (χ2n) is 4.20. The minimum absolute atomic E-state index is 0.0182. The monoisotopic (exact) mass is 284 g/mol. The summed E-state index contributed by atoms with van der Waals surface area (Å²) in [4.78, 5) is 26.3. The summed E-state index contributed by atoms with van der Waals surface area (Å²) in [5.41, 5.74) is -0.0367. The summed E-state index contributed by atoms with van der Waals surface area (Å²) in [6.45, 7) is 1.12. The molecule has 0 spiro atoms. The van der Waals surface area contributed by atoms with E-state index in [1.165, 1.54) is 6.07 Å². The molecule has 1 aromatic rings. The zero-order valence-electron chi connectivity index (χ0n) is 10.1. The summed E-state index contributed by atoms with van der Waals surface area (Å²) >= 11 is 5.85. The van der Waals surface area contributed by atoms with E-state index >= 15 is 0 Å². The number of hydrogen-bond acceptors (Lipinski definition) is 4. The quantitative estimate of drug-likeness (QED) is 0.871. The molecular weight excluding hydrogens is 272 g/mol. The Kier molecular flexibility index (Phi) is 4.34. The number of carboxylic acid groups (broad SMARTS) is 1. The first-order chi connectivity index (χ1) is 9.08. The summed E-state index contributed by atoms with van der Waals surface area (Å²) < 4.78 is 5.37. The Balaban J connectivity index is 2.00. The SMILES string of the molecule is O=C(O)c1cnc(C(=O)NCC2CCCO2)c(Cl)c1. The molecule has 0 radical (unpaired) electrons. The highest BCUT2D eigenvalue weighted by molar-refractivity contribution is 6.33. The Morgan fingerprint density at radius 1 is 1.58 bits per heavy atom. The van der Waals surface area contributed by atoms with E-state index in [-0.39, 0.29) is 22.4 Å². The molecule has 1 unspecified atom stereocenters. The van der Waals surface area contributed by atoms with Crippen LogP contribution in [-0.4, -0.2) is 41.2 Å². The molecule has 0 saturated carbocycles. The van der Waals surface area contributed by atoms with Gasteiger partial charge in [-0.3, -0.25) is 4.79 Å². The zero-order chi connectivity index (χ0) is 13.8. The summed E-state index contributed by atoms with van der Waals surface area (Å²) in [6, 6.07) is 1.21. The molecule has 0 aliphatic carbocycles. The van der Waals surface area contributed by atoms with Crippen LogP contribution >= 0.6 is 11.6 Å². The van der Waals surface area contributed by atoms with Crippen LogP contribution < -0.4 is 5.32 Å². The Morgan fingerprint density at radius 2 is 2.37 bits per heavy atom. The lowest BCUT2D eigenvalue weighted by molar-refractivity contribution is 0.0695. The second kappa shape index (κ2) is 5.99. The summed E-state index contributed by atoms with van der Waals surface area (Å²) in [6.07, 6.45) is 3.04. The average molecular weight is 285 g/mol. The van der Waals surface area contributed by atoms with Gasteiger partial charge < -0.3 is 15.2 Å². The Morgan fingerprint density at radius 3 is 2.95 bits per heavy atom. The first kappa shape index (κ1) is 13.8. The number of pyridine rings is 1. The number of carboxylic acids is 1. The fourth-order valence-electron chi connectivity index (χ4n) is 1.82. The van der Waals surface area contributed by atoms with E-state index in [1.807, 2.05) is 0 Å². The predicted molar refractivity (Wildman–Crippen MR) is 67.5 cm³/mol. The standard InChI is InChI=1S/C12H13ClN2O4/c13-9-4-7(12(17)18)5-14-10(9)11(16)15-6-8-2-1-3-19-8/h4-5,8H,1-3,6H2,(H,15,16)(H,17,18). The second-order valence-corrected chi connectivity index (χ2v) is 4.61. The third kappa shape index (κ3) is 3.42. The topological polar surface area (TPSA) is 88.5 Å². The van der Waals surface area contributed by atoms with Crippen molar-refractivity contribution in [2.75, 3.05) is 13.2 Å². The van der Waals surface area contributed by atoms with Crippen molar-refractivity contribution in [2.45, 2.75) is 18.9 Å². The van der Waals surface area contributed by atoms with Crippen molar-refractivity contribution < 1.29 is 19.4 Å². The van der Waals surface area contributed by atoms with Crippen molar-refractivity contribution in [3.63, 3.8) is 0 Å². The van der Waals surface area contributed by atoms with Crippen LogP contribution in [0.2, 0.25) is 5.02 Å². The van der Waals surface area contributed by atoms with Crippen molar-refractivity contribution in [3.05, 3.63) is 28.5 Å². The number of carbonyl (C=O) groups excluding carboxylic acids is 1. The molecule has 2 N–H and O–H groups in total. The molecule has 1 amide bonds. The average Bonchev–Trinajstić information content (AvgIpc) is 2.88. The van der Waals surface area contributed by atoms with E-state index < -0.39 is 11.9 Å². The number of nitrogens with zero attached hydrogens (tertiary/aromatic N) is 1. The van der Waals surface area contributed by atoms with Gasteiger partial charge in [0, 0.05) is 19.3 Å². The van der Waals surface area contributed by atoms with Gasteiger partial charge in [0.1, 0.15) is 5.69 Å². The number of ether oxygens (including phenoxy) is 1. The van der Waals surface area contributed by atoms with Crippen molar-refractivity contribution in [1.82, 2.24) is 10.3 Å². The van der Waals surface area contributed by atoms with Crippen LogP contribution in [0, 0.1) is 0 Å². The highest BCUT2D eigenvalue weighted by atomic mass is 35.5. The molecule has 0 bridgehead atoms. The van der Waals surface area contributed by atoms with E-state index in [4.69, 9.17) is 21.4 Å². The van der Waals surface area contributed by atoms with Gasteiger partial charge in [-0.25, -0.2) is 9.78 Å². The van der Waals surface area contributed by atoms with Gasteiger partial charge in [-0.2, -0.15) is 0 Å². The number of carbonyl (C=O) groups is 2. The van der Waals surface area contributed by atoms with Crippen molar-refractivity contribution in [1.29, 1.82) is 0 Å². The minimum Gasteiger partial charge on any atom is -0.478 e. The number of aromatic carboxylic acids is 1. The largest absolute Gasteiger partial charge is 0.478 e. The molecule has 1 aromatic heterocycles. The first-order valence-electron chi connectivity index (χ1n) is 5.86. The van der Waals surface area contributed by atoms with Gasteiger partial charge in [0.05, 0.1) is 16.7 Å². The molecule has 2 heterocycles. The maximum atomic E-state index is 11.8. The van der Waals surface area contributed by atoms with E-state index in [0.29, 0.717) is 13.2 Å². The van der Waals surface area contributed by atoms with E-state index in [0.717, 1.165) is 19.0 Å². The first-order valence-corrected chi connectivity index (χ1v) is 6.24. The Hall–Kier alpha value is -1.66. The Bertz CT molecular complexity index is 501. The molecule has 0 aromatic carbocycles. The summed E-state index contributed by atoms with van der Waals surface area (Å²) in [7, 11) is 0. The lowest BCUT2D eigenvalue weighted by Gasteiger charge is -2.11. The fourth-order valence-corrected chi connectivity index (χ4v) is 2.07. The third-order valence-electron chi connectivity index (χ3n) is 2.82. The van der Waals surface area contributed by atoms with Crippen LogP contribution in [0.5, 0.6) is 0 Å². The van der Waals surface area contributed by atoms with Gasteiger partial charge >= 0.3 is 5.97 Å². The lowest BCUT2D eigenvalue weighted by atomic mass is 10.2. The zero-order valence-corrected chi connectivity index (χ0v) is 10.8. The van der Waals surface area contributed by atoms with Crippen molar-refractivity contribution in [3.8, 4) is 0 Å². The fraction of sp³-hybridized carbons (Fsp3) is 0.417. The number of hydrogen-bond donors (Lipinski definition) is 2. The van der Waals surface area contributed by atoms with Crippen LogP contribution in [-0.2, 0) is 4.74 Å². The maximum Gasteiger partial charge on any atom is 0.337 e. The van der Waals surface area contributed by atoms with Gasteiger partial charge in [0.25, 0.3) is 5.91 Å². The molecule has 19 heavy (non-hydrogen) atoms. The van der Waals surface area contributed by atoms with E-state index in [9.17, 15) is 9.59 Å².